The molecule has 2 aromatic rings. The monoisotopic (exact) mass is 371 g/mol. The number of likely N-dealkylation sites (tertiary alicyclic amines) is 1. The Kier molecular flexibility index (Phi) is 6.41. The fourth-order valence-corrected chi connectivity index (χ4v) is 3.74. The Morgan fingerprint density at radius 2 is 1.96 bits per heavy atom. The zero-order valence-corrected chi connectivity index (χ0v) is 15.8. The molecule has 26 heavy (non-hydrogen) atoms. The van der Waals surface area contributed by atoms with Crippen LogP contribution >= 0.6 is 11.3 Å². The van der Waals surface area contributed by atoms with Gasteiger partial charge in [0, 0.05) is 12.2 Å². The summed E-state index contributed by atoms with van der Waals surface area (Å²) in [5, 5.41) is 7.48. The normalized spacial score (nSPS) is 16.0. The fraction of sp³-hybridized carbons (Fsp3) is 0.400. The summed E-state index contributed by atoms with van der Waals surface area (Å²) in [4.78, 5) is 27.5. The van der Waals surface area contributed by atoms with Crippen LogP contribution in [0.4, 0.5) is 5.69 Å². The lowest BCUT2D eigenvalue weighted by Crippen LogP contribution is -2.41. The van der Waals surface area contributed by atoms with Crippen LogP contribution in [0, 0.1) is 0 Å². The van der Waals surface area contributed by atoms with E-state index in [1.54, 1.807) is 13.0 Å². The molecule has 6 heteroatoms. The summed E-state index contributed by atoms with van der Waals surface area (Å²) in [7, 11) is 0. The summed E-state index contributed by atoms with van der Waals surface area (Å²) in [5.74, 6) is -0.438. The van der Waals surface area contributed by atoms with Crippen LogP contribution in [-0.4, -0.2) is 35.8 Å². The van der Waals surface area contributed by atoms with Gasteiger partial charge in [-0.2, -0.15) is 0 Å². The van der Waals surface area contributed by atoms with Crippen molar-refractivity contribution < 1.29 is 9.59 Å². The molecular formula is C20H25N3O2S. The van der Waals surface area contributed by atoms with Crippen LogP contribution in [0.3, 0.4) is 0 Å². The van der Waals surface area contributed by atoms with Gasteiger partial charge >= 0.3 is 0 Å². The number of piperidine rings is 1. The number of carbonyl (C=O) groups is 2. The summed E-state index contributed by atoms with van der Waals surface area (Å²) in [6, 6.07) is 10.9. The number of nitrogens with zero attached hydrogens (tertiary/aromatic N) is 1. The lowest BCUT2D eigenvalue weighted by atomic mass is 10.1. The van der Waals surface area contributed by atoms with Crippen LogP contribution in [0.15, 0.2) is 41.8 Å². The van der Waals surface area contributed by atoms with Gasteiger partial charge in [0.1, 0.15) is 6.04 Å². The minimum atomic E-state index is -0.602. The van der Waals surface area contributed by atoms with Crippen LogP contribution in [0.2, 0.25) is 0 Å². The molecule has 1 aromatic heterocycles. The fourth-order valence-electron chi connectivity index (χ4n) is 3.11. The first-order valence-electron chi connectivity index (χ1n) is 9.08. The first-order valence-corrected chi connectivity index (χ1v) is 9.96. The van der Waals surface area contributed by atoms with Gasteiger partial charge in [-0.3, -0.25) is 14.5 Å². The highest BCUT2D eigenvalue weighted by atomic mass is 32.1. The first-order chi connectivity index (χ1) is 12.6. The average molecular weight is 372 g/mol. The van der Waals surface area contributed by atoms with Crippen LogP contribution in [0.1, 0.15) is 41.4 Å². The topological polar surface area (TPSA) is 61.4 Å². The second-order valence-electron chi connectivity index (χ2n) is 6.70. The van der Waals surface area contributed by atoms with E-state index in [9.17, 15) is 9.59 Å². The maximum Gasteiger partial charge on any atom is 0.261 e. The third-order valence-electron chi connectivity index (χ3n) is 4.54. The minimum absolute atomic E-state index is 0.218. The number of rotatable bonds is 6. The summed E-state index contributed by atoms with van der Waals surface area (Å²) >= 11 is 1.36. The zero-order valence-electron chi connectivity index (χ0n) is 15.0. The molecular weight excluding hydrogens is 346 g/mol. The Labute approximate surface area is 158 Å². The van der Waals surface area contributed by atoms with Crippen molar-refractivity contribution in [3.63, 3.8) is 0 Å². The van der Waals surface area contributed by atoms with E-state index in [1.165, 1.54) is 36.2 Å². The number of nitrogens with one attached hydrogen (secondary N) is 2. The second-order valence-corrected chi connectivity index (χ2v) is 7.65. The number of anilines is 1. The predicted octanol–water partition coefficient (Wildman–Crippen LogP) is 3.49. The van der Waals surface area contributed by atoms with Crippen LogP contribution in [0.25, 0.3) is 0 Å². The number of hydrogen-bond donors (Lipinski definition) is 2. The molecule has 1 aliphatic heterocycles. The maximum absolute atomic E-state index is 12.4. The third kappa shape index (κ3) is 5.16. The maximum atomic E-state index is 12.4. The molecule has 2 amide bonds. The molecule has 1 aromatic carbocycles. The Morgan fingerprint density at radius 3 is 2.69 bits per heavy atom. The second kappa shape index (κ2) is 8.96. The molecule has 2 N–H and O–H groups in total. The van der Waals surface area contributed by atoms with E-state index in [0.29, 0.717) is 4.88 Å². The van der Waals surface area contributed by atoms with Gasteiger partial charge in [0.15, 0.2) is 0 Å². The van der Waals surface area contributed by atoms with E-state index in [4.69, 9.17) is 0 Å². The largest absolute Gasteiger partial charge is 0.340 e. The number of thiophene rings is 1. The van der Waals surface area contributed by atoms with Gasteiger partial charge in [0.2, 0.25) is 5.91 Å². The SMILES string of the molecule is CC(NC(=O)c1cccs1)C(=O)Nc1cccc(CN2CCCCC2)c1. The summed E-state index contributed by atoms with van der Waals surface area (Å²) in [6.07, 6.45) is 3.84. The first kappa shape index (κ1) is 18.6. The highest BCUT2D eigenvalue weighted by Crippen LogP contribution is 2.16. The molecule has 0 saturated carbocycles. The summed E-state index contributed by atoms with van der Waals surface area (Å²) < 4.78 is 0. The smallest absolute Gasteiger partial charge is 0.261 e. The van der Waals surface area contributed by atoms with Crippen LogP contribution < -0.4 is 10.6 Å². The highest BCUT2D eigenvalue weighted by Gasteiger charge is 2.17. The van der Waals surface area contributed by atoms with E-state index in [2.05, 4.69) is 21.6 Å². The Hall–Kier alpha value is -2.18. The molecule has 0 spiro atoms. The van der Waals surface area contributed by atoms with Gasteiger partial charge in [-0.15, -0.1) is 11.3 Å². The van der Waals surface area contributed by atoms with E-state index >= 15 is 0 Å². The molecule has 3 rings (SSSR count). The standard InChI is InChI=1S/C20H25N3O2S/c1-15(21-20(25)18-9-6-12-26-18)19(24)22-17-8-5-7-16(13-17)14-23-10-3-2-4-11-23/h5-9,12-13,15H,2-4,10-11,14H2,1H3,(H,21,25)(H,22,24). The highest BCUT2D eigenvalue weighted by molar-refractivity contribution is 7.12. The van der Waals surface area contributed by atoms with Crippen molar-refractivity contribution >= 4 is 28.8 Å². The zero-order chi connectivity index (χ0) is 18.4. The Bertz CT molecular complexity index is 739. The Morgan fingerprint density at radius 1 is 1.15 bits per heavy atom. The molecule has 1 unspecified atom stereocenters. The van der Waals surface area contributed by atoms with Crippen molar-refractivity contribution in [2.75, 3.05) is 18.4 Å². The van der Waals surface area contributed by atoms with Crippen molar-refractivity contribution in [2.45, 2.75) is 38.8 Å². The van der Waals surface area contributed by atoms with E-state index in [-0.39, 0.29) is 11.8 Å². The van der Waals surface area contributed by atoms with Crippen molar-refractivity contribution in [3.05, 3.63) is 52.2 Å². The lowest BCUT2D eigenvalue weighted by Gasteiger charge is -2.26. The van der Waals surface area contributed by atoms with Crippen molar-refractivity contribution in [3.8, 4) is 0 Å². The predicted molar refractivity (Wildman–Crippen MR) is 105 cm³/mol. The van der Waals surface area contributed by atoms with E-state index < -0.39 is 6.04 Å². The Balaban J connectivity index is 1.54. The minimum Gasteiger partial charge on any atom is -0.340 e. The number of carbonyl (C=O) groups excluding carboxylic acids is 2. The summed E-state index contributed by atoms with van der Waals surface area (Å²) in [6.45, 7) is 4.89. The molecule has 5 nitrogen and oxygen atoms in total. The molecule has 1 fully saturated rings. The van der Waals surface area contributed by atoms with Gasteiger partial charge in [0.25, 0.3) is 5.91 Å². The van der Waals surface area contributed by atoms with Crippen LogP contribution in [0.5, 0.6) is 0 Å². The number of benzene rings is 1. The van der Waals surface area contributed by atoms with Crippen molar-refractivity contribution in [1.29, 1.82) is 0 Å². The lowest BCUT2D eigenvalue weighted by molar-refractivity contribution is -0.117. The molecule has 0 radical (unpaired) electrons. The number of hydrogen-bond acceptors (Lipinski definition) is 4. The average Bonchev–Trinajstić information content (AvgIpc) is 3.17. The third-order valence-corrected chi connectivity index (χ3v) is 5.40. The van der Waals surface area contributed by atoms with Crippen molar-refractivity contribution in [2.24, 2.45) is 0 Å². The van der Waals surface area contributed by atoms with Crippen molar-refractivity contribution in [1.82, 2.24) is 10.2 Å². The molecule has 138 valence electrons. The van der Waals surface area contributed by atoms with Gasteiger partial charge in [0.05, 0.1) is 4.88 Å². The van der Waals surface area contributed by atoms with E-state index in [1.807, 2.05) is 29.6 Å². The quantitative estimate of drug-likeness (QED) is 0.817. The van der Waals surface area contributed by atoms with Crippen LogP contribution in [-0.2, 0) is 11.3 Å². The van der Waals surface area contributed by atoms with Gasteiger partial charge < -0.3 is 10.6 Å². The van der Waals surface area contributed by atoms with Gasteiger partial charge in [-0.25, -0.2) is 0 Å². The van der Waals surface area contributed by atoms with E-state index in [0.717, 1.165) is 25.3 Å². The molecule has 1 atom stereocenters. The molecule has 0 bridgehead atoms. The molecule has 0 aliphatic carbocycles. The molecule has 2 heterocycles. The summed E-state index contributed by atoms with van der Waals surface area (Å²) in [5.41, 5.74) is 1.96. The molecule has 1 saturated heterocycles. The van der Waals surface area contributed by atoms with Gasteiger partial charge in [-0.1, -0.05) is 24.6 Å². The van der Waals surface area contributed by atoms with Gasteiger partial charge in [-0.05, 0) is 62.0 Å². The number of amides is 2. The molecule has 1 aliphatic rings.